The van der Waals surface area contributed by atoms with Gasteiger partial charge in [0.05, 0.1) is 0 Å². The maximum Gasteiger partial charge on any atom is 0.325 e. The van der Waals surface area contributed by atoms with Gasteiger partial charge in [0.15, 0.2) is 0 Å². The van der Waals surface area contributed by atoms with Crippen LogP contribution in [0.2, 0.25) is 0 Å². The third-order valence-corrected chi connectivity index (χ3v) is 6.11. The lowest BCUT2D eigenvalue weighted by molar-refractivity contribution is -0.134. The lowest BCUT2D eigenvalue weighted by Crippen LogP contribution is -2.43. The number of urea groups is 1. The Balaban J connectivity index is 1.45. The van der Waals surface area contributed by atoms with Crippen molar-refractivity contribution in [3.8, 4) is 0 Å². The highest BCUT2D eigenvalue weighted by atomic mass is 16.2. The second-order valence-corrected chi connectivity index (χ2v) is 8.49. The zero-order valence-corrected chi connectivity index (χ0v) is 18.7. The SMILES string of the molecule is Cc1ccc(C2(C)NC(=O)N(CC(=O)NCC(c3ccccc3)c3ccccc3)C2=O)cc1. The van der Waals surface area contributed by atoms with Crippen LogP contribution in [-0.4, -0.2) is 35.8 Å². The van der Waals surface area contributed by atoms with Crippen molar-refractivity contribution >= 4 is 17.8 Å². The summed E-state index contributed by atoms with van der Waals surface area (Å²) in [6.07, 6.45) is 0. The lowest BCUT2D eigenvalue weighted by Gasteiger charge is -2.22. The van der Waals surface area contributed by atoms with Crippen LogP contribution in [0, 0.1) is 6.92 Å². The fourth-order valence-corrected chi connectivity index (χ4v) is 4.14. The van der Waals surface area contributed by atoms with Crippen LogP contribution in [0.15, 0.2) is 84.9 Å². The van der Waals surface area contributed by atoms with E-state index in [1.807, 2.05) is 91.9 Å². The van der Waals surface area contributed by atoms with Crippen molar-refractivity contribution in [3.63, 3.8) is 0 Å². The number of benzene rings is 3. The Morgan fingerprint density at radius 2 is 1.45 bits per heavy atom. The van der Waals surface area contributed by atoms with Gasteiger partial charge in [-0.05, 0) is 30.5 Å². The van der Waals surface area contributed by atoms with Crippen LogP contribution in [0.25, 0.3) is 0 Å². The van der Waals surface area contributed by atoms with Crippen LogP contribution in [0.3, 0.4) is 0 Å². The molecule has 0 radical (unpaired) electrons. The van der Waals surface area contributed by atoms with Gasteiger partial charge in [0, 0.05) is 12.5 Å². The zero-order valence-electron chi connectivity index (χ0n) is 18.7. The topological polar surface area (TPSA) is 78.5 Å². The normalized spacial score (nSPS) is 17.8. The van der Waals surface area contributed by atoms with Crippen molar-refractivity contribution in [2.75, 3.05) is 13.1 Å². The second kappa shape index (κ2) is 9.28. The highest BCUT2D eigenvalue weighted by Crippen LogP contribution is 2.29. The van der Waals surface area contributed by atoms with Crippen LogP contribution in [0.1, 0.15) is 35.1 Å². The first-order valence-corrected chi connectivity index (χ1v) is 11.0. The molecule has 4 amide bonds. The van der Waals surface area contributed by atoms with E-state index in [1.54, 1.807) is 6.92 Å². The molecule has 0 aliphatic carbocycles. The lowest BCUT2D eigenvalue weighted by atomic mass is 9.91. The molecule has 6 heteroatoms. The molecule has 168 valence electrons. The van der Waals surface area contributed by atoms with Gasteiger partial charge in [-0.1, -0.05) is 90.5 Å². The van der Waals surface area contributed by atoms with Gasteiger partial charge in [-0.3, -0.25) is 14.5 Å². The Morgan fingerprint density at radius 3 is 2.00 bits per heavy atom. The molecule has 4 rings (SSSR count). The van der Waals surface area contributed by atoms with Crippen LogP contribution in [0.4, 0.5) is 4.79 Å². The van der Waals surface area contributed by atoms with Gasteiger partial charge in [0.2, 0.25) is 5.91 Å². The van der Waals surface area contributed by atoms with Crippen molar-refractivity contribution in [2.45, 2.75) is 25.3 Å². The molecule has 1 fully saturated rings. The fraction of sp³-hybridized carbons (Fsp3) is 0.222. The Bertz CT molecular complexity index is 1110. The number of amides is 4. The smallest absolute Gasteiger partial charge is 0.325 e. The van der Waals surface area contributed by atoms with Crippen LogP contribution >= 0.6 is 0 Å². The van der Waals surface area contributed by atoms with Crippen LogP contribution < -0.4 is 10.6 Å². The maximum absolute atomic E-state index is 13.1. The minimum atomic E-state index is -1.19. The van der Waals surface area contributed by atoms with E-state index in [0.29, 0.717) is 12.1 Å². The Hall–Kier alpha value is -3.93. The number of nitrogens with one attached hydrogen (secondary N) is 2. The zero-order chi connectivity index (χ0) is 23.4. The molecule has 0 aromatic heterocycles. The summed E-state index contributed by atoms with van der Waals surface area (Å²) >= 11 is 0. The first-order chi connectivity index (χ1) is 15.9. The van der Waals surface area contributed by atoms with E-state index in [0.717, 1.165) is 21.6 Å². The van der Waals surface area contributed by atoms with Crippen molar-refractivity contribution in [2.24, 2.45) is 0 Å². The maximum atomic E-state index is 13.1. The average molecular weight is 442 g/mol. The van der Waals surface area contributed by atoms with Gasteiger partial charge in [-0.2, -0.15) is 0 Å². The van der Waals surface area contributed by atoms with Gasteiger partial charge in [0.1, 0.15) is 12.1 Å². The highest BCUT2D eigenvalue weighted by molar-refractivity contribution is 6.09. The van der Waals surface area contributed by atoms with Gasteiger partial charge in [-0.15, -0.1) is 0 Å². The minimum Gasteiger partial charge on any atom is -0.354 e. The van der Waals surface area contributed by atoms with Crippen molar-refractivity contribution < 1.29 is 14.4 Å². The molecular weight excluding hydrogens is 414 g/mol. The summed E-state index contributed by atoms with van der Waals surface area (Å²) in [5.74, 6) is -0.866. The van der Waals surface area contributed by atoms with Gasteiger partial charge in [0.25, 0.3) is 5.91 Å². The summed E-state index contributed by atoms with van der Waals surface area (Å²) in [6, 6.07) is 26.7. The number of aryl methyl sites for hydroxylation is 1. The molecule has 0 saturated carbocycles. The van der Waals surface area contributed by atoms with E-state index in [2.05, 4.69) is 10.6 Å². The molecule has 3 aromatic carbocycles. The molecular formula is C27H27N3O3. The molecule has 0 bridgehead atoms. The van der Waals surface area contributed by atoms with Gasteiger partial charge in [-0.25, -0.2) is 4.79 Å². The molecule has 2 N–H and O–H groups in total. The minimum absolute atomic E-state index is 0.0442. The van der Waals surface area contributed by atoms with E-state index in [1.165, 1.54) is 0 Å². The highest BCUT2D eigenvalue weighted by Gasteiger charge is 2.49. The molecule has 1 heterocycles. The number of hydrogen-bond acceptors (Lipinski definition) is 3. The number of hydrogen-bond donors (Lipinski definition) is 2. The molecule has 1 unspecified atom stereocenters. The summed E-state index contributed by atoms with van der Waals surface area (Å²) in [5.41, 5.74) is 2.70. The second-order valence-electron chi connectivity index (χ2n) is 8.49. The molecule has 0 spiro atoms. The Kier molecular flexibility index (Phi) is 6.27. The summed E-state index contributed by atoms with van der Waals surface area (Å²) in [7, 11) is 0. The molecule has 1 saturated heterocycles. The van der Waals surface area contributed by atoms with Crippen molar-refractivity contribution in [3.05, 3.63) is 107 Å². The molecule has 1 atom stereocenters. The first-order valence-electron chi connectivity index (χ1n) is 11.0. The van der Waals surface area contributed by atoms with E-state index in [-0.39, 0.29) is 18.4 Å². The summed E-state index contributed by atoms with van der Waals surface area (Å²) < 4.78 is 0. The monoisotopic (exact) mass is 441 g/mol. The standard InChI is InChI=1S/C27H27N3O3/c1-19-13-15-22(16-14-19)27(2)25(32)30(26(33)29-27)18-24(31)28-17-23(20-9-5-3-6-10-20)21-11-7-4-8-12-21/h3-16,23H,17-18H2,1-2H3,(H,28,31)(H,29,33). The Morgan fingerprint density at radius 1 is 0.909 bits per heavy atom. The van der Waals surface area contributed by atoms with Crippen LogP contribution in [-0.2, 0) is 15.1 Å². The quantitative estimate of drug-likeness (QED) is 0.549. The third kappa shape index (κ3) is 4.65. The van der Waals surface area contributed by atoms with Gasteiger partial charge >= 0.3 is 6.03 Å². The Labute approximate surface area is 193 Å². The molecule has 3 aromatic rings. The van der Waals surface area contributed by atoms with Crippen molar-refractivity contribution in [1.82, 2.24) is 15.5 Å². The molecule has 1 aliphatic heterocycles. The van der Waals surface area contributed by atoms with E-state index < -0.39 is 17.5 Å². The summed E-state index contributed by atoms with van der Waals surface area (Å²) in [5, 5.41) is 5.65. The predicted molar refractivity (Wildman–Crippen MR) is 127 cm³/mol. The summed E-state index contributed by atoms with van der Waals surface area (Å²) in [4.78, 5) is 39.4. The summed E-state index contributed by atoms with van der Waals surface area (Å²) in [6.45, 7) is 3.64. The number of nitrogens with zero attached hydrogens (tertiary/aromatic N) is 1. The van der Waals surface area contributed by atoms with E-state index in [9.17, 15) is 14.4 Å². The largest absolute Gasteiger partial charge is 0.354 e. The predicted octanol–water partition coefficient (Wildman–Crippen LogP) is 3.71. The van der Waals surface area contributed by atoms with E-state index in [4.69, 9.17) is 0 Å². The van der Waals surface area contributed by atoms with Crippen molar-refractivity contribution in [1.29, 1.82) is 0 Å². The first kappa shape index (κ1) is 22.3. The van der Waals surface area contributed by atoms with Gasteiger partial charge < -0.3 is 10.6 Å². The number of carbonyl (C=O) groups excluding carboxylic acids is 3. The number of rotatable bonds is 7. The molecule has 33 heavy (non-hydrogen) atoms. The molecule has 1 aliphatic rings. The molecule has 6 nitrogen and oxygen atoms in total. The average Bonchev–Trinajstić information content (AvgIpc) is 3.05. The number of carbonyl (C=O) groups is 3. The van der Waals surface area contributed by atoms with E-state index >= 15 is 0 Å². The fourth-order valence-electron chi connectivity index (χ4n) is 4.14. The third-order valence-electron chi connectivity index (χ3n) is 6.11. The number of imide groups is 1. The van der Waals surface area contributed by atoms with Crippen LogP contribution in [0.5, 0.6) is 0 Å².